The molecule has 1 aromatic heterocycles. The van der Waals surface area contributed by atoms with Gasteiger partial charge in [-0.2, -0.15) is 5.10 Å². The average molecular weight is 466 g/mol. The first-order valence-electron chi connectivity index (χ1n) is 10.9. The lowest BCUT2D eigenvalue weighted by molar-refractivity contribution is 0.712. The molecular formula is C28H20ClN3S. The molecule has 0 fully saturated rings. The molecule has 33 heavy (non-hydrogen) atoms. The molecule has 160 valence electrons. The van der Waals surface area contributed by atoms with E-state index in [2.05, 4.69) is 65.0 Å². The SMILES string of the molecule is Clc1ccc(C2=NN(c3nc(-c4ccccc4)cs3)C(c3cccc4ccccc34)C2)cc1. The highest BCUT2D eigenvalue weighted by atomic mass is 35.5. The van der Waals surface area contributed by atoms with Crippen molar-refractivity contribution in [3.05, 3.63) is 119 Å². The summed E-state index contributed by atoms with van der Waals surface area (Å²) >= 11 is 7.77. The second-order valence-corrected chi connectivity index (χ2v) is 9.34. The Balaban J connectivity index is 1.45. The predicted octanol–water partition coefficient (Wildman–Crippen LogP) is 7.97. The van der Waals surface area contributed by atoms with Gasteiger partial charge in [0.15, 0.2) is 0 Å². The van der Waals surface area contributed by atoms with E-state index >= 15 is 0 Å². The minimum atomic E-state index is 0.0663. The smallest absolute Gasteiger partial charge is 0.207 e. The van der Waals surface area contributed by atoms with Crippen LogP contribution in [0.3, 0.4) is 0 Å². The van der Waals surface area contributed by atoms with Crippen LogP contribution in [0.15, 0.2) is 108 Å². The van der Waals surface area contributed by atoms with Gasteiger partial charge in [0.05, 0.1) is 17.4 Å². The fourth-order valence-electron chi connectivity index (χ4n) is 4.40. The van der Waals surface area contributed by atoms with E-state index in [9.17, 15) is 0 Å². The van der Waals surface area contributed by atoms with E-state index in [0.717, 1.165) is 39.1 Å². The number of aromatic nitrogens is 1. The van der Waals surface area contributed by atoms with Crippen molar-refractivity contribution in [2.24, 2.45) is 5.10 Å². The molecule has 0 N–H and O–H groups in total. The fraction of sp³-hybridized carbons (Fsp3) is 0.0714. The maximum Gasteiger partial charge on any atom is 0.207 e. The molecule has 0 aliphatic carbocycles. The van der Waals surface area contributed by atoms with Gasteiger partial charge < -0.3 is 0 Å². The molecule has 0 radical (unpaired) electrons. The Kier molecular flexibility index (Phi) is 5.17. The highest BCUT2D eigenvalue weighted by Gasteiger charge is 2.32. The second kappa shape index (κ2) is 8.47. The van der Waals surface area contributed by atoms with Crippen LogP contribution in [0.1, 0.15) is 23.6 Å². The van der Waals surface area contributed by atoms with Crippen LogP contribution in [-0.4, -0.2) is 10.7 Å². The van der Waals surface area contributed by atoms with Crippen molar-refractivity contribution in [3.63, 3.8) is 0 Å². The Labute approximate surface area is 201 Å². The molecule has 4 aromatic carbocycles. The number of hydrogen-bond acceptors (Lipinski definition) is 4. The third-order valence-electron chi connectivity index (χ3n) is 6.03. The minimum Gasteiger partial charge on any atom is -0.231 e. The first kappa shape index (κ1) is 20.2. The number of hydrogen-bond donors (Lipinski definition) is 0. The average Bonchev–Trinajstić information content (AvgIpc) is 3.53. The molecule has 0 bridgehead atoms. The van der Waals surface area contributed by atoms with Crippen molar-refractivity contribution in [3.8, 4) is 11.3 Å². The van der Waals surface area contributed by atoms with Crippen molar-refractivity contribution in [2.75, 3.05) is 5.01 Å². The molecule has 5 heteroatoms. The summed E-state index contributed by atoms with van der Waals surface area (Å²) in [5.41, 5.74) is 5.48. The van der Waals surface area contributed by atoms with Gasteiger partial charge in [-0.15, -0.1) is 11.3 Å². The Morgan fingerprint density at radius 2 is 1.55 bits per heavy atom. The van der Waals surface area contributed by atoms with Gasteiger partial charge in [0.2, 0.25) is 5.13 Å². The van der Waals surface area contributed by atoms with E-state index in [-0.39, 0.29) is 6.04 Å². The topological polar surface area (TPSA) is 28.5 Å². The maximum atomic E-state index is 6.14. The van der Waals surface area contributed by atoms with Gasteiger partial charge in [-0.1, -0.05) is 96.5 Å². The zero-order valence-corrected chi connectivity index (χ0v) is 19.3. The van der Waals surface area contributed by atoms with Gasteiger partial charge in [-0.3, -0.25) is 0 Å². The fourth-order valence-corrected chi connectivity index (χ4v) is 5.36. The summed E-state index contributed by atoms with van der Waals surface area (Å²) in [5.74, 6) is 0. The van der Waals surface area contributed by atoms with Gasteiger partial charge in [0.1, 0.15) is 0 Å². The van der Waals surface area contributed by atoms with Crippen LogP contribution in [0.25, 0.3) is 22.0 Å². The zero-order chi connectivity index (χ0) is 22.2. The maximum absolute atomic E-state index is 6.14. The number of fused-ring (bicyclic) bond motifs is 1. The van der Waals surface area contributed by atoms with Crippen molar-refractivity contribution < 1.29 is 0 Å². The summed E-state index contributed by atoms with van der Waals surface area (Å²) in [6.07, 6.45) is 0.801. The normalized spacial score (nSPS) is 15.7. The van der Waals surface area contributed by atoms with Crippen LogP contribution in [0, 0.1) is 0 Å². The summed E-state index contributed by atoms with van der Waals surface area (Å²) < 4.78 is 0. The molecule has 1 unspecified atom stereocenters. The Morgan fingerprint density at radius 1 is 0.788 bits per heavy atom. The molecule has 6 rings (SSSR count). The number of nitrogens with zero attached hydrogens (tertiary/aromatic N) is 3. The summed E-state index contributed by atoms with van der Waals surface area (Å²) in [5, 5.41) is 13.4. The Bertz CT molecular complexity index is 1450. The third kappa shape index (κ3) is 3.82. The standard InChI is InChI=1S/C28H20ClN3S/c29-22-15-13-21(14-16-22)25-17-27(24-12-6-10-19-7-4-5-11-23(19)24)32(31-25)28-30-26(18-33-28)20-8-2-1-3-9-20/h1-16,18,27H,17H2. The van der Waals surface area contributed by atoms with Crippen molar-refractivity contribution in [1.29, 1.82) is 0 Å². The van der Waals surface area contributed by atoms with Gasteiger partial charge in [-0.05, 0) is 34.0 Å². The van der Waals surface area contributed by atoms with Crippen LogP contribution in [0.2, 0.25) is 5.02 Å². The van der Waals surface area contributed by atoms with Crippen molar-refractivity contribution >= 4 is 44.6 Å². The van der Waals surface area contributed by atoms with Gasteiger partial charge in [0.25, 0.3) is 0 Å². The molecule has 2 heterocycles. The molecule has 0 spiro atoms. The van der Waals surface area contributed by atoms with Crippen LogP contribution in [0.5, 0.6) is 0 Å². The monoisotopic (exact) mass is 465 g/mol. The quantitative estimate of drug-likeness (QED) is 0.269. The van der Waals surface area contributed by atoms with Gasteiger partial charge in [-0.25, -0.2) is 9.99 Å². The summed E-state index contributed by atoms with van der Waals surface area (Å²) in [7, 11) is 0. The highest BCUT2D eigenvalue weighted by molar-refractivity contribution is 7.14. The number of halogens is 1. The lowest BCUT2D eigenvalue weighted by atomic mass is 9.94. The summed E-state index contributed by atoms with van der Waals surface area (Å²) in [6, 6.07) is 33.3. The molecule has 0 saturated heterocycles. The molecule has 1 aliphatic heterocycles. The molecule has 0 amide bonds. The number of hydrazone groups is 1. The number of thiazole rings is 1. The van der Waals surface area contributed by atoms with E-state index in [1.165, 1.54) is 16.3 Å². The van der Waals surface area contributed by atoms with Gasteiger partial charge >= 0.3 is 0 Å². The van der Waals surface area contributed by atoms with Crippen LogP contribution in [0.4, 0.5) is 5.13 Å². The lowest BCUT2D eigenvalue weighted by Crippen LogP contribution is -2.18. The van der Waals surface area contributed by atoms with E-state index in [0.29, 0.717) is 0 Å². The van der Waals surface area contributed by atoms with Crippen LogP contribution in [-0.2, 0) is 0 Å². The number of rotatable bonds is 4. The molecule has 3 nitrogen and oxygen atoms in total. The molecule has 1 aliphatic rings. The van der Waals surface area contributed by atoms with E-state index in [1.807, 2.05) is 42.5 Å². The Morgan fingerprint density at radius 3 is 2.39 bits per heavy atom. The molecular weight excluding hydrogens is 446 g/mol. The zero-order valence-electron chi connectivity index (χ0n) is 17.7. The first-order valence-corrected chi connectivity index (χ1v) is 12.1. The second-order valence-electron chi connectivity index (χ2n) is 8.07. The van der Waals surface area contributed by atoms with Gasteiger partial charge in [0, 0.05) is 22.4 Å². The minimum absolute atomic E-state index is 0.0663. The summed E-state index contributed by atoms with van der Waals surface area (Å²) in [4.78, 5) is 4.98. The van der Waals surface area contributed by atoms with E-state index in [1.54, 1.807) is 11.3 Å². The molecule has 0 saturated carbocycles. The summed E-state index contributed by atoms with van der Waals surface area (Å²) in [6.45, 7) is 0. The molecule has 5 aromatic rings. The predicted molar refractivity (Wildman–Crippen MR) is 139 cm³/mol. The molecule has 1 atom stereocenters. The van der Waals surface area contributed by atoms with Crippen LogP contribution >= 0.6 is 22.9 Å². The number of anilines is 1. The van der Waals surface area contributed by atoms with Crippen molar-refractivity contribution in [1.82, 2.24) is 4.98 Å². The first-order chi connectivity index (χ1) is 16.3. The lowest BCUT2D eigenvalue weighted by Gasteiger charge is -2.22. The third-order valence-corrected chi connectivity index (χ3v) is 7.11. The van der Waals surface area contributed by atoms with Crippen molar-refractivity contribution in [2.45, 2.75) is 12.5 Å². The highest BCUT2D eigenvalue weighted by Crippen LogP contribution is 2.41. The van der Waals surface area contributed by atoms with E-state index < -0.39 is 0 Å². The largest absolute Gasteiger partial charge is 0.231 e. The number of benzene rings is 4. The Hall–Kier alpha value is -3.47. The van der Waals surface area contributed by atoms with Crippen LogP contribution < -0.4 is 5.01 Å². The van der Waals surface area contributed by atoms with E-state index in [4.69, 9.17) is 21.7 Å².